The van der Waals surface area contributed by atoms with Crippen LogP contribution < -0.4 is 0 Å². The van der Waals surface area contributed by atoms with E-state index in [1.165, 1.54) is 6.07 Å². The molecule has 0 aliphatic rings. The number of fused-ring (bicyclic) bond motifs is 6. The maximum Gasteiger partial charge on any atom is 0.131 e. The van der Waals surface area contributed by atoms with Gasteiger partial charge in [-0.05, 0) is 47.5 Å². The molecule has 0 amide bonds. The molecule has 0 spiro atoms. The first-order valence-electron chi connectivity index (χ1n) is 16.0. The summed E-state index contributed by atoms with van der Waals surface area (Å²) in [6.07, 6.45) is 0. The number of benzene rings is 7. The van der Waals surface area contributed by atoms with Crippen molar-refractivity contribution < 1.29 is 4.39 Å². The van der Waals surface area contributed by atoms with Crippen molar-refractivity contribution in [2.45, 2.75) is 0 Å². The summed E-state index contributed by atoms with van der Waals surface area (Å²) < 4.78 is 20.0. The molecule has 0 radical (unpaired) electrons. The van der Waals surface area contributed by atoms with Crippen molar-refractivity contribution >= 4 is 43.6 Å². The monoisotopic (exact) mass is 628 g/mol. The van der Waals surface area contributed by atoms with Gasteiger partial charge in [0.05, 0.1) is 44.6 Å². The number of rotatable bonds is 4. The van der Waals surface area contributed by atoms with Crippen LogP contribution in [0, 0.1) is 28.5 Å². The van der Waals surface area contributed by atoms with Crippen LogP contribution in [-0.2, 0) is 0 Å². The summed E-state index contributed by atoms with van der Waals surface area (Å²) in [7, 11) is 0. The molecule has 7 aromatic carbocycles. The lowest BCUT2D eigenvalue weighted by Crippen LogP contribution is -2.09. The summed E-state index contributed by atoms with van der Waals surface area (Å²) in [5.41, 5.74) is 8.05. The lowest BCUT2D eigenvalue weighted by Gasteiger charge is -2.24. The molecule has 2 aromatic heterocycles. The number of nitriles is 2. The maximum atomic E-state index is 15.7. The Morgan fingerprint density at radius 2 is 0.755 bits per heavy atom. The first-order valence-corrected chi connectivity index (χ1v) is 16.0. The number of para-hydroxylation sites is 4. The number of aromatic nitrogens is 2. The molecule has 0 bridgehead atoms. The SMILES string of the molecule is N#Cc1cc(C#N)c(-n2c3ccccc3c3ccccc32)c(-c2ccccc2-c2ccccc2F)c1-n1c2ccccc2c2ccccc21. The fraction of sp³-hybridized carbons (Fsp3) is 0. The fourth-order valence-corrected chi connectivity index (χ4v) is 7.50. The van der Waals surface area contributed by atoms with Gasteiger partial charge in [-0.25, -0.2) is 4.39 Å². The average molecular weight is 629 g/mol. The molecule has 0 saturated carbocycles. The largest absolute Gasteiger partial charge is 0.307 e. The molecule has 228 valence electrons. The summed E-state index contributed by atoms with van der Waals surface area (Å²) in [6, 6.07) is 53.7. The molecule has 2 heterocycles. The Hall–Kier alpha value is -6.95. The standard InChI is InChI=1S/C44H25FN4/c45-37-20-8-3-14-31(37)30-13-1-2-19-36(30)42-43(48-38-21-9-4-15-32(38)33-16-5-10-22-39(33)48)28(26-46)25-29(27-47)44(42)49-40-23-11-6-17-34(40)35-18-7-12-24-41(35)49/h1-25H. The Morgan fingerprint density at radius 1 is 0.408 bits per heavy atom. The molecule has 0 N–H and O–H groups in total. The zero-order valence-electron chi connectivity index (χ0n) is 26.1. The number of halogens is 1. The second kappa shape index (κ2) is 11.1. The molecule has 0 aliphatic carbocycles. The molecule has 4 nitrogen and oxygen atoms in total. The molecule has 0 aliphatic heterocycles. The second-order valence-corrected chi connectivity index (χ2v) is 12.0. The first kappa shape index (κ1) is 28.3. The van der Waals surface area contributed by atoms with Crippen LogP contribution in [0.2, 0.25) is 0 Å². The summed E-state index contributed by atoms with van der Waals surface area (Å²) >= 11 is 0. The highest BCUT2D eigenvalue weighted by Gasteiger charge is 2.28. The van der Waals surface area contributed by atoms with Crippen molar-refractivity contribution in [1.82, 2.24) is 9.13 Å². The van der Waals surface area contributed by atoms with Gasteiger partial charge in [-0.15, -0.1) is 0 Å². The fourth-order valence-electron chi connectivity index (χ4n) is 7.50. The normalized spacial score (nSPS) is 11.3. The van der Waals surface area contributed by atoms with Gasteiger partial charge in [-0.2, -0.15) is 10.5 Å². The van der Waals surface area contributed by atoms with Crippen LogP contribution >= 0.6 is 0 Å². The Labute approximate surface area is 281 Å². The molecular weight excluding hydrogens is 604 g/mol. The molecule has 9 aromatic rings. The molecule has 0 atom stereocenters. The Kier molecular flexibility index (Phi) is 6.40. The molecular formula is C44H25FN4. The van der Waals surface area contributed by atoms with Gasteiger partial charge in [0.15, 0.2) is 0 Å². The average Bonchev–Trinajstić information content (AvgIpc) is 3.67. The minimum atomic E-state index is -0.358. The van der Waals surface area contributed by atoms with E-state index in [0.29, 0.717) is 44.8 Å². The Balaban J connectivity index is 1.57. The zero-order valence-corrected chi connectivity index (χ0v) is 26.1. The highest BCUT2D eigenvalue weighted by atomic mass is 19.1. The number of hydrogen-bond acceptors (Lipinski definition) is 2. The van der Waals surface area contributed by atoms with Crippen LogP contribution in [0.25, 0.3) is 77.2 Å². The Bertz CT molecular complexity index is 2620. The molecule has 0 unspecified atom stereocenters. The first-order chi connectivity index (χ1) is 24.2. The van der Waals surface area contributed by atoms with Gasteiger partial charge < -0.3 is 9.13 Å². The topological polar surface area (TPSA) is 57.4 Å². The van der Waals surface area contributed by atoms with Crippen LogP contribution in [0.4, 0.5) is 4.39 Å². The maximum absolute atomic E-state index is 15.7. The third-order valence-electron chi connectivity index (χ3n) is 9.48. The van der Waals surface area contributed by atoms with Gasteiger partial charge >= 0.3 is 0 Å². The zero-order chi connectivity index (χ0) is 33.1. The predicted octanol–water partition coefficient (Wildman–Crippen LogP) is 11.1. The quantitative estimate of drug-likeness (QED) is 0.195. The second-order valence-electron chi connectivity index (χ2n) is 12.0. The van der Waals surface area contributed by atoms with E-state index in [0.717, 1.165) is 43.6 Å². The van der Waals surface area contributed by atoms with Gasteiger partial charge in [0.2, 0.25) is 0 Å². The summed E-state index contributed by atoms with van der Waals surface area (Å²) in [5, 5.41) is 26.0. The van der Waals surface area contributed by atoms with Gasteiger partial charge in [0.1, 0.15) is 18.0 Å². The highest BCUT2D eigenvalue weighted by molar-refractivity contribution is 6.13. The van der Waals surface area contributed by atoms with Crippen molar-refractivity contribution in [3.63, 3.8) is 0 Å². The predicted molar refractivity (Wildman–Crippen MR) is 195 cm³/mol. The van der Waals surface area contributed by atoms with E-state index in [2.05, 4.69) is 69.8 Å². The summed E-state index contributed by atoms with van der Waals surface area (Å²) in [6.45, 7) is 0. The van der Waals surface area contributed by atoms with Crippen LogP contribution in [0.5, 0.6) is 0 Å². The van der Waals surface area contributed by atoms with Crippen LogP contribution in [0.1, 0.15) is 11.1 Å². The van der Waals surface area contributed by atoms with E-state index in [-0.39, 0.29) is 5.82 Å². The van der Waals surface area contributed by atoms with Gasteiger partial charge in [0, 0.05) is 32.7 Å². The molecule has 0 saturated heterocycles. The Morgan fingerprint density at radius 3 is 1.16 bits per heavy atom. The molecule has 9 rings (SSSR count). The summed E-state index contributed by atoms with van der Waals surface area (Å²) in [5.74, 6) is -0.358. The van der Waals surface area contributed by atoms with Crippen molar-refractivity contribution in [2.24, 2.45) is 0 Å². The van der Waals surface area contributed by atoms with Crippen LogP contribution in [0.15, 0.2) is 152 Å². The number of hydrogen-bond donors (Lipinski definition) is 0. The minimum Gasteiger partial charge on any atom is -0.307 e. The smallest absolute Gasteiger partial charge is 0.131 e. The van der Waals surface area contributed by atoms with Gasteiger partial charge in [0.25, 0.3) is 0 Å². The lowest BCUT2D eigenvalue weighted by molar-refractivity contribution is 0.631. The third-order valence-corrected chi connectivity index (χ3v) is 9.48. The lowest BCUT2D eigenvalue weighted by atomic mass is 9.88. The van der Waals surface area contributed by atoms with Crippen LogP contribution in [0.3, 0.4) is 0 Å². The van der Waals surface area contributed by atoms with E-state index in [1.807, 2.05) is 78.9 Å². The molecule has 49 heavy (non-hydrogen) atoms. The van der Waals surface area contributed by atoms with Crippen molar-refractivity contribution in [3.05, 3.63) is 169 Å². The van der Waals surface area contributed by atoms with E-state index < -0.39 is 0 Å². The van der Waals surface area contributed by atoms with Gasteiger partial charge in [-0.3, -0.25) is 0 Å². The van der Waals surface area contributed by atoms with E-state index in [1.54, 1.807) is 18.2 Å². The highest BCUT2D eigenvalue weighted by Crippen LogP contribution is 2.47. The van der Waals surface area contributed by atoms with Crippen molar-refractivity contribution in [2.75, 3.05) is 0 Å². The van der Waals surface area contributed by atoms with E-state index in [9.17, 15) is 10.5 Å². The van der Waals surface area contributed by atoms with Crippen molar-refractivity contribution in [3.8, 4) is 45.8 Å². The number of nitrogens with zero attached hydrogens (tertiary/aromatic N) is 4. The molecule has 5 heteroatoms. The van der Waals surface area contributed by atoms with Crippen LogP contribution in [-0.4, -0.2) is 9.13 Å². The molecule has 0 fully saturated rings. The van der Waals surface area contributed by atoms with E-state index >= 15 is 4.39 Å². The van der Waals surface area contributed by atoms with E-state index in [4.69, 9.17) is 0 Å². The minimum absolute atomic E-state index is 0.339. The van der Waals surface area contributed by atoms with Crippen molar-refractivity contribution in [1.29, 1.82) is 10.5 Å². The summed E-state index contributed by atoms with van der Waals surface area (Å²) in [4.78, 5) is 0. The third kappa shape index (κ3) is 4.13. The van der Waals surface area contributed by atoms with Gasteiger partial charge in [-0.1, -0.05) is 115 Å².